The molecule has 1 saturated carbocycles. The number of halogens is 3. The van der Waals surface area contributed by atoms with Crippen molar-refractivity contribution in [2.45, 2.75) is 95.5 Å². The summed E-state index contributed by atoms with van der Waals surface area (Å²) in [5.41, 5.74) is 2.51. The van der Waals surface area contributed by atoms with Crippen LogP contribution in [-0.2, 0) is 15.8 Å². The Morgan fingerprint density at radius 1 is 0.982 bits per heavy atom. The monoisotopic (exact) mass is 774 g/mol. The molecule has 1 atom stereocenters. The standard InChI is InChI=1S/C41H49F3N8O4/c1-25(2)56-35-21-37-47-33(23-52(37)24-34(35)48-39(54)31-5-4-6-36(46-31)41(42,43)44)27-9-7-26(8-10-27)22-50(3)29-17-19-51(20-18-29)30-13-11-28(12-14-30)45-32-15-16-38(53)49-40(32)55/h4-6,11-14,21,23-27,29,32,45H,7-10,15-20,22H2,1-3H3,(H,48,54)(H,49,53,55)/t26-,27-,32?. The quantitative estimate of drug-likeness (QED) is 0.140. The highest BCUT2D eigenvalue weighted by molar-refractivity contribution is 6.04. The molecule has 1 unspecified atom stereocenters. The average Bonchev–Trinajstić information content (AvgIpc) is 3.59. The number of imide groups is 1. The summed E-state index contributed by atoms with van der Waals surface area (Å²) in [5.74, 6) is 0.0137. The normalized spacial score (nSPS) is 21.1. The summed E-state index contributed by atoms with van der Waals surface area (Å²) >= 11 is 0. The molecule has 56 heavy (non-hydrogen) atoms. The Kier molecular flexibility index (Phi) is 11.5. The Morgan fingerprint density at radius 2 is 1.71 bits per heavy atom. The van der Waals surface area contributed by atoms with Crippen LogP contribution in [0.2, 0.25) is 0 Å². The number of aromatic nitrogens is 3. The van der Waals surface area contributed by atoms with Crippen LogP contribution in [0.3, 0.4) is 0 Å². The number of rotatable bonds is 11. The number of hydrogen-bond acceptors (Lipinski definition) is 9. The number of amides is 3. The maximum absolute atomic E-state index is 13.2. The first-order valence-electron chi connectivity index (χ1n) is 19.5. The maximum atomic E-state index is 13.2. The van der Waals surface area contributed by atoms with Crippen molar-refractivity contribution >= 4 is 40.4 Å². The molecule has 3 N–H and O–H groups in total. The third kappa shape index (κ3) is 9.26. The molecule has 0 radical (unpaired) electrons. The Morgan fingerprint density at radius 3 is 2.39 bits per heavy atom. The summed E-state index contributed by atoms with van der Waals surface area (Å²) in [5, 5.41) is 8.34. The van der Waals surface area contributed by atoms with Gasteiger partial charge in [0.2, 0.25) is 11.8 Å². The van der Waals surface area contributed by atoms with E-state index in [1.165, 1.54) is 11.8 Å². The van der Waals surface area contributed by atoms with Gasteiger partial charge in [0.05, 0.1) is 11.8 Å². The molecule has 3 fully saturated rings. The summed E-state index contributed by atoms with van der Waals surface area (Å²) in [7, 11) is 2.25. The first kappa shape index (κ1) is 39.1. The van der Waals surface area contributed by atoms with Gasteiger partial charge < -0.3 is 29.6 Å². The average molecular weight is 775 g/mol. The second-order valence-electron chi connectivity index (χ2n) is 15.6. The molecule has 7 rings (SSSR count). The van der Waals surface area contributed by atoms with Crippen LogP contribution >= 0.6 is 0 Å². The van der Waals surface area contributed by atoms with Crippen LogP contribution in [0, 0.1) is 5.92 Å². The van der Waals surface area contributed by atoms with Crippen molar-refractivity contribution in [3.8, 4) is 5.75 Å². The fraction of sp³-hybridized carbons (Fsp3) is 0.488. The van der Waals surface area contributed by atoms with Crippen LogP contribution in [0.15, 0.2) is 60.9 Å². The van der Waals surface area contributed by atoms with Gasteiger partial charge in [0.25, 0.3) is 5.91 Å². The number of nitrogens with one attached hydrogen (secondary N) is 3. The lowest BCUT2D eigenvalue weighted by Crippen LogP contribution is -2.47. The van der Waals surface area contributed by atoms with Crippen LogP contribution in [0.5, 0.6) is 5.75 Å². The topological polar surface area (TPSA) is 133 Å². The van der Waals surface area contributed by atoms with E-state index in [-0.39, 0.29) is 23.6 Å². The summed E-state index contributed by atoms with van der Waals surface area (Å²) in [6.45, 7) is 6.73. The second-order valence-corrected chi connectivity index (χ2v) is 15.6. The van der Waals surface area contributed by atoms with E-state index in [1.807, 2.05) is 36.6 Å². The van der Waals surface area contributed by atoms with Gasteiger partial charge in [-0.25, -0.2) is 9.97 Å². The van der Waals surface area contributed by atoms with Gasteiger partial charge >= 0.3 is 6.18 Å². The summed E-state index contributed by atoms with van der Waals surface area (Å²) in [6, 6.07) is 13.3. The van der Waals surface area contributed by atoms with E-state index in [1.54, 1.807) is 12.3 Å². The van der Waals surface area contributed by atoms with Crippen molar-refractivity contribution in [3.63, 3.8) is 0 Å². The zero-order valence-corrected chi connectivity index (χ0v) is 31.9. The molecule has 3 aliphatic rings. The number of benzene rings is 1. The lowest BCUT2D eigenvalue weighted by atomic mass is 9.80. The second kappa shape index (κ2) is 16.5. The minimum absolute atomic E-state index is 0.217. The highest BCUT2D eigenvalue weighted by Crippen LogP contribution is 2.38. The molecule has 15 heteroatoms. The third-order valence-electron chi connectivity index (χ3n) is 11.2. The lowest BCUT2D eigenvalue weighted by molar-refractivity contribution is -0.141. The molecular weight excluding hydrogens is 725 g/mol. The number of nitrogens with zero attached hydrogens (tertiary/aromatic N) is 5. The predicted molar refractivity (Wildman–Crippen MR) is 207 cm³/mol. The Bertz CT molecular complexity index is 2040. The summed E-state index contributed by atoms with van der Waals surface area (Å²) < 4.78 is 47.5. The van der Waals surface area contributed by atoms with E-state index in [9.17, 15) is 27.6 Å². The van der Waals surface area contributed by atoms with Gasteiger partial charge in [-0.3, -0.25) is 19.7 Å². The smallest absolute Gasteiger partial charge is 0.433 e. The minimum Gasteiger partial charge on any atom is -0.489 e. The highest BCUT2D eigenvalue weighted by atomic mass is 19.4. The molecule has 1 aromatic carbocycles. The van der Waals surface area contributed by atoms with Crippen LogP contribution < -0.4 is 25.6 Å². The van der Waals surface area contributed by atoms with E-state index in [2.05, 4.69) is 49.9 Å². The van der Waals surface area contributed by atoms with Crippen molar-refractivity contribution in [3.05, 3.63) is 78.0 Å². The molecule has 2 saturated heterocycles. The van der Waals surface area contributed by atoms with Crippen LogP contribution in [0.25, 0.3) is 5.65 Å². The number of anilines is 3. The molecule has 298 valence electrons. The molecule has 2 aliphatic heterocycles. The van der Waals surface area contributed by atoms with Gasteiger partial charge in [-0.05, 0) is 108 Å². The number of imidazole rings is 1. The highest BCUT2D eigenvalue weighted by Gasteiger charge is 2.33. The molecule has 3 aromatic heterocycles. The SMILES string of the molecule is CC(C)Oc1cc2nc([C@H]3CC[C@H](CN(C)C4CCN(c5ccc(NC6CCC(=O)NC6=O)cc5)CC4)CC3)cn2cc1NC(=O)c1cccc(C(F)(F)F)n1. The van der Waals surface area contributed by atoms with Gasteiger partial charge in [0, 0.05) is 67.8 Å². The van der Waals surface area contributed by atoms with Crippen molar-refractivity contribution in [1.29, 1.82) is 0 Å². The molecule has 0 spiro atoms. The molecule has 3 amide bonds. The van der Waals surface area contributed by atoms with Crippen molar-refractivity contribution in [2.75, 3.05) is 42.2 Å². The fourth-order valence-corrected chi connectivity index (χ4v) is 8.15. The first-order valence-corrected chi connectivity index (χ1v) is 19.5. The number of hydrogen-bond donors (Lipinski definition) is 3. The Labute approximate surface area is 324 Å². The first-order chi connectivity index (χ1) is 26.8. The van der Waals surface area contributed by atoms with Crippen molar-refractivity contribution in [2.24, 2.45) is 5.92 Å². The summed E-state index contributed by atoms with van der Waals surface area (Å²) in [4.78, 5) is 50.0. The molecule has 5 heterocycles. The zero-order chi connectivity index (χ0) is 39.6. The number of ether oxygens (including phenoxy) is 1. The number of pyridine rings is 2. The largest absolute Gasteiger partial charge is 0.489 e. The van der Waals surface area contributed by atoms with E-state index < -0.39 is 23.8 Å². The lowest BCUT2D eigenvalue weighted by Gasteiger charge is -2.40. The Hall–Kier alpha value is -5.18. The van der Waals surface area contributed by atoms with Crippen LogP contribution in [0.1, 0.15) is 93.0 Å². The Balaban J connectivity index is 0.904. The van der Waals surface area contributed by atoms with Gasteiger partial charge in [0.1, 0.15) is 34.5 Å². The molecular formula is C41H49F3N8O4. The molecule has 1 aliphatic carbocycles. The number of piperidine rings is 2. The van der Waals surface area contributed by atoms with E-state index in [4.69, 9.17) is 9.72 Å². The molecule has 0 bridgehead atoms. The van der Waals surface area contributed by atoms with Crippen LogP contribution in [0.4, 0.5) is 30.2 Å². The molecule has 4 aromatic rings. The van der Waals surface area contributed by atoms with Crippen molar-refractivity contribution < 1.29 is 32.3 Å². The van der Waals surface area contributed by atoms with E-state index in [0.717, 1.165) is 81.7 Å². The third-order valence-corrected chi connectivity index (χ3v) is 11.2. The van der Waals surface area contributed by atoms with Gasteiger partial charge in [-0.1, -0.05) is 6.07 Å². The number of fused-ring (bicyclic) bond motifs is 1. The van der Waals surface area contributed by atoms with Crippen molar-refractivity contribution in [1.82, 2.24) is 24.6 Å². The summed E-state index contributed by atoms with van der Waals surface area (Å²) in [6.07, 6.45) is 6.05. The van der Waals surface area contributed by atoms with Crippen LogP contribution in [-0.4, -0.2) is 81.9 Å². The number of carbonyl (C=O) groups is 3. The number of alkyl halides is 3. The maximum Gasteiger partial charge on any atom is 0.433 e. The predicted octanol–water partition coefficient (Wildman–Crippen LogP) is 6.88. The van der Waals surface area contributed by atoms with Gasteiger partial charge in [-0.2, -0.15) is 13.2 Å². The van der Waals surface area contributed by atoms with E-state index >= 15 is 0 Å². The van der Waals surface area contributed by atoms with E-state index in [0.29, 0.717) is 47.8 Å². The van der Waals surface area contributed by atoms with Gasteiger partial charge in [-0.15, -0.1) is 0 Å². The van der Waals surface area contributed by atoms with Gasteiger partial charge in [0.15, 0.2) is 0 Å². The fourth-order valence-electron chi connectivity index (χ4n) is 8.15. The minimum atomic E-state index is -4.67. The number of carbonyl (C=O) groups excluding carboxylic acids is 3. The molecule has 12 nitrogen and oxygen atoms in total. The zero-order valence-electron chi connectivity index (χ0n) is 31.9.